The average Bonchev–Trinajstić information content (AvgIpc) is 3.04. The van der Waals surface area contributed by atoms with Crippen LogP contribution in [0.1, 0.15) is 23.0 Å². The third kappa shape index (κ3) is 2.59. The van der Waals surface area contributed by atoms with Crippen LogP contribution in [0.5, 0.6) is 0 Å². The van der Waals surface area contributed by atoms with Crippen molar-refractivity contribution in [3.63, 3.8) is 0 Å². The second kappa shape index (κ2) is 5.63. The highest BCUT2D eigenvalue weighted by Gasteiger charge is 2.34. The second-order valence-electron chi connectivity index (χ2n) is 5.51. The highest BCUT2D eigenvalue weighted by atomic mass is 16.5. The summed E-state index contributed by atoms with van der Waals surface area (Å²) in [6.45, 7) is 4.43. The van der Waals surface area contributed by atoms with Gasteiger partial charge in [-0.05, 0) is 26.0 Å². The van der Waals surface area contributed by atoms with Crippen molar-refractivity contribution in [3.8, 4) is 0 Å². The van der Waals surface area contributed by atoms with Gasteiger partial charge in [-0.1, -0.05) is 22.9 Å². The molecule has 1 aromatic heterocycles. The van der Waals surface area contributed by atoms with Crippen LogP contribution in [0, 0.1) is 6.92 Å². The topological polar surface area (TPSA) is 66.7 Å². The first-order chi connectivity index (χ1) is 10.6. The summed E-state index contributed by atoms with van der Waals surface area (Å²) in [5, 5.41) is 3.65. The van der Waals surface area contributed by atoms with Gasteiger partial charge in [0.25, 0.3) is 5.91 Å². The van der Waals surface area contributed by atoms with E-state index in [1.54, 1.807) is 4.90 Å². The molecule has 2 heterocycles. The zero-order chi connectivity index (χ0) is 15.7. The molecule has 2 aromatic rings. The Hall–Kier alpha value is -2.63. The van der Waals surface area contributed by atoms with Crippen LogP contribution in [-0.2, 0) is 4.79 Å². The number of amides is 2. The monoisotopic (exact) mass is 299 g/mol. The summed E-state index contributed by atoms with van der Waals surface area (Å²) in [5.41, 5.74) is 2.23. The van der Waals surface area contributed by atoms with Crippen LogP contribution in [0.15, 0.2) is 41.1 Å². The summed E-state index contributed by atoms with van der Waals surface area (Å²) >= 11 is 0. The first-order valence-electron chi connectivity index (χ1n) is 7.14. The lowest BCUT2D eigenvalue weighted by Gasteiger charge is -2.39. The van der Waals surface area contributed by atoms with Gasteiger partial charge < -0.3 is 14.3 Å². The van der Waals surface area contributed by atoms with Crippen molar-refractivity contribution in [2.24, 2.45) is 0 Å². The highest BCUT2D eigenvalue weighted by molar-refractivity contribution is 6.01. The first-order valence-corrected chi connectivity index (χ1v) is 7.14. The van der Waals surface area contributed by atoms with Crippen molar-refractivity contribution < 1.29 is 14.1 Å². The molecule has 22 heavy (non-hydrogen) atoms. The van der Waals surface area contributed by atoms with E-state index in [1.807, 2.05) is 38.1 Å². The van der Waals surface area contributed by atoms with E-state index >= 15 is 0 Å². The molecule has 0 aliphatic carbocycles. The van der Waals surface area contributed by atoms with Crippen LogP contribution < -0.4 is 4.90 Å². The molecule has 0 N–H and O–H groups in total. The van der Waals surface area contributed by atoms with Crippen molar-refractivity contribution in [1.29, 1.82) is 0 Å². The van der Waals surface area contributed by atoms with E-state index in [9.17, 15) is 9.59 Å². The Balaban J connectivity index is 1.78. The number of piperazine rings is 1. The number of benzene rings is 1. The van der Waals surface area contributed by atoms with Crippen molar-refractivity contribution in [3.05, 3.63) is 47.9 Å². The molecule has 1 atom stereocenters. The number of aromatic nitrogens is 1. The number of carbonyl (C=O) groups is 2. The smallest absolute Gasteiger partial charge is 0.276 e. The third-order valence-corrected chi connectivity index (χ3v) is 3.85. The number of aryl methyl sites for hydroxylation is 1. The molecule has 0 spiro atoms. The quantitative estimate of drug-likeness (QED) is 0.849. The van der Waals surface area contributed by atoms with Crippen molar-refractivity contribution in [1.82, 2.24) is 10.1 Å². The molecular weight excluding hydrogens is 282 g/mol. The highest BCUT2D eigenvalue weighted by Crippen LogP contribution is 2.21. The number of anilines is 1. The van der Waals surface area contributed by atoms with E-state index in [1.165, 1.54) is 17.2 Å². The maximum atomic E-state index is 12.4. The summed E-state index contributed by atoms with van der Waals surface area (Å²) in [6.07, 6.45) is 1.35. The van der Waals surface area contributed by atoms with Crippen molar-refractivity contribution >= 4 is 17.5 Å². The van der Waals surface area contributed by atoms with E-state index < -0.39 is 0 Å². The van der Waals surface area contributed by atoms with Crippen LogP contribution in [0.25, 0.3) is 0 Å². The molecule has 6 heteroatoms. The molecular formula is C16H17N3O3. The summed E-state index contributed by atoms with van der Waals surface area (Å²) < 4.78 is 4.70. The molecule has 1 fully saturated rings. The Morgan fingerprint density at radius 1 is 1.27 bits per heavy atom. The van der Waals surface area contributed by atoms with E-state index in [2.05, 4.69) is 5.16 Å². The fourth-order valence-electron chi connectivity index (χ4n) is 2.57. The molecule has 1 unspecified atom stereocenters. The minimum absolute atomic E-state index is 0.0424. The van der Waals surface area contributed by atoms with E-state index in [4.69, 9.17) is 4.52 Å². The van der Waals surface area contributed by atoms with E-state index in [0.29, 0.717) is 6.54 Å². The molecule has 6 nitrogen and oxygen atoms in total. The Kier molecular flexibility index (Phi) is 3.66. The van der Waals surface area contributed by atoms with Crippen LogP contribution in [0.4, 0.5) is 5.69 Å². The SMILES string of the molecule is Cc1ccc(N2CC(C)N(C(=O)c3ccon3)CC2=O)cc1. The fraction of sp³-hybridized carbons (Fsp3) is 0.312. The minimum Gasteiger partial charge on any atom is -0.364 e. The Morgan fingerprint density at radius 2 is 2.00 bits per heavy atom. The lowest BCUT2D eigenvalue weighted by Crippen LogP contribution is -2.57. The van der Waals surface area contributed by atoms with Gasteiger partial charge in [0.05, 0.1) is 0 Å². The normalized spacial score (nSPS) is 18.6. The number of hydrogen-bond donors (Lipinski definition) is 0. The molecule has 114 valence electrons. The second-order valence-corrected chi connectivity index (χ2v) is 5.51. The van der Waals surface area contributed by atoms with Crippen LogP contribution in [0.3, 0.4) is 0 Å². The lowest BCUT2D eigenvalue weighted by atomic mass is 10.1. The van der Waals surface area contributed by atoms with Crippen molar-refractivity contribution in [2.45, 2.75) is 19.9 Å². The van der Waals surface area contributed by atoms with Gasteiger partial charge in [0.1, 0.15) is 12.8 Å². The predicted molar refractivity (Wildman–Crippen MR) is 80.5 cm³/mol. The first kappa shape index (κ1) is 14.3. The average molecular weight is 299 g/mol. The van der Waals surface area contributed by atoms with Crippen LogP contribution in [0.2, 0.25) is 0 Å². The van der Waals surface area contributed by atoms with Gasteiger partial charge in [-0.2, -0.15) is 0 Å². The van der Waals surface area contributed by atoms with E-state index in [-0.39, 0.29) is 30.1 Å². The van der Waals surface area contributed by atoms with Crippen LogP contribution >= 0.6 is 0 Å². The summed E-state index contributed by atoms with van der Waals surface area (Å²) in [4.78, 5) is 28.0. The zero-order valence-corrected chi connectivity index (χ0v) is 12.5. The minimum atomic E-state index is -0.279. The molecule has 1 aliphatic rings. The predicted octanol–water partition coefficient (Wildman–Crippen LogP) is 1.86. The molecule has 0 saturated carbocycles. The van der Waals surface area contributed by atoms with Gasteiger partial charge in [-0.25, -0.2) is 0 Å². The molecule has 1 saturated heterocycles. The fourth-order valence-corrected chi connectivity index (χ4v) is 2.57. The molecule has 1 aromatic carbocycles. The molecule has 0 bridgehead atoms. The molecule has 1 aliphatic heterocycles. The summed E-state index contributed by atoms with van der Waals surface area (Å²) in [5.74, 6) is -0.378. The zero-order valence-electron chi connectivity index (χ0n) is 12.5. The Labute approximate surface area is 128 Å². The standard InChI is InChI=1S/C16H17N3O3/c1-11-3-5-13(6-4-11)19-9-12(2)18(10-15(19)20)16(21)14-7-8-22-17-14/h3-8,12H,9-10H2,1-2H3. The largest absolute Gasteiger partial charge is 0.364 e. The van der Waals surface area contributed by atoms with Gasteiger partial charge in [-0.15, -0.1) is 0 Å². The van der Waals surface area contributed by atoms with Gasteiger partial charge in [0.15, 0.2) is 5.69 Å². The summed E-state index contributed by atoms with van der Waals surface area (Å²) in [7, 11) is 0. The number of carbonyl (C=O) groups excluding carboxylic acids is 2. The van der Waals surface area contributed by atoms with Crippen LogP contribution in [-0.4, -0.2) is 41.0 Å². The number of rotatable bonds is 2. The van der Waals surface area contributed by atoms with Gasteiger partial charge in [0.2, 0.25) is 5.91 Å². The van der Waals surface area contributed by atoms with Gasteiger partial charge in [-0.3, -0.25) is 9.59 Å². The Bertz CT molecular complexity index is 679. The molecule has 0 radical (unpaired) electrons. The maximum absolute atomic E-state index is 12.4. The number of nitrogens with zero attached hydrogens (tertiary/aromatic N) is 3. The molecule has 2 amide bonds. The van der Waals surface area contributed by atoms with Gasteiger partial charge in [0, 0.05) is 24.3 Å². The summed E-state index contributed by atoms with van der Waals surface area (Å²) in [6, 6.07) is 9.21. The number of hydrogen-bond acceptors (Lipinski definition) is 4. The van der Waals surface area contributed by atoms with E-state index in [0.717, 1.165) is 11.3 Å². The lowest BCUT2D eigenvalue weighted by molar-refractivity contribution is -0.121. The maximum Gasteiger partial charge on any atom is 0.276 e. The van der Waals surface area contributed by atoms with Gasteiger partial charge >= 0.3 is 0 Å². The Morgan fingerprint density at radius 3 is 2.64 bits per heavy atom. The molecule has 3 rings (SSSR count). The third-order valence-electron chi connectivity index (χ3n) is 3.85. The van der Waals surface area contributed by atoms with Crippen molar-refractivity contribution in [2.75, 3.05) is 18.0 Å².